The third-order valence-electron chi connectivity index (χ3n) is 3.59. The van der Waals surface area contributed by atoms with E-state index in [1.54, 1.807) is 7.11 Å². The Labute approximate surface area is 126 Å². The normalized spacial score (nSPS) is 20.1. The first kappa shape index (κ1) is 15.4. The number of anilines is 1. The number of methoxy groups -OCH3 is 1. The molecule has 0 aliphatic carbocycles. The Morgan fingerprint density at radius 2 is 2.30 bits per heavy atom. The molecule has 4 nitrogen and oxygen atoms in total. The van der Waals surface area contributed by atoms with Crippen molar-refractivity contribution in [1.29, 1.82) is 0 Å². The molecule has 1 aliphatic heterocycles. The minimum Gasteiger partial charge on any atom is -0.495 e. The second kappa shape index (κ2) is 7.16. The lowest BCUT2D eigenvalue weighted by Gasteiger charge is -2.35. The van der Waals surface area contributed by atoms with Crippen LogP contribution in [0.5, 0.6) is 5.75 Å². The molecule has 112 valence electrons. The van der Waals surface area contributed by atoms with Gasteiger partial charge in [0.25, 0.3) is 0 Å². The van der Waals surface area contributed by atoms with Gasteiger partial charge in [-0.25, -0.2) is 0 Å². The first-order valence-electron chi connectivity index (χ1n) is 7.03. The van der Waals surface area contributed by atoms with E-state index in [2.05, 4.69) is 24.1 Å². The molecule has 0 saturated carbocycles. The molecule has 1 N–H and O–H groups in total. The zero-order valence-corrected chi connectivity index (χ0v) is 13.1. The number of halogens is 1. The van der Waals surface area contributed by atoms with Gasteiger partial charge < -0.3 is 14.8 Å². The van der Waals surface area contributed by atoms with Crippen LogP contribution in [0.4, 0.5) is 5.69 Å². The van der Waals surface area contributed by atoms with Crippen LogP contribution in [0.15, 0.2) is 18.2 Å². The summed E-state index contributed by atoms with van der Waals surface area (Å²) < 4.78 is 10.9. The fourth-order valence-electron chi connectivity index (χ4n) is 2.34. The molecular weight excluding hydrogens is 276 g/mol. The number of nitrogens with one attached hydrogen (secondary N) is 1. The summed E-state index contributed by atoms with van der Waals surface area (Å²) >= 11 is 6.11. The van der Waals surface area contributed by atoms with Crippen LogP contribution in [0.25, 0.3) is 0 Å². The average molecular weight is 299 g/mol. The lowest BCUT2D eigenvalue weighted by atomic mass is 10.2. The van der Waals surface area contributed by atoms with Gasteiger partial charge in [-0.1, -0.05) is 11.6 Å². The van der Waals surface area contributed by atoms with Gasteiger partial charge in [-0.05, 0) is 32.0 Å². The Balaban J connectivity index is 1.87. The number of ether oxygens (including phenoxy) is 2. The van der Waals surface area contributed by atoms with Crippen LogP contribution in [0.2, 0.25) is 5.02 Å². The summed E-state index contributed by atoms with van der Waals surface area (Å²) in [6, 6.07) is 6.28. The molecule has 0 aromatic heterocycles. The highest BCUT2D eigenvalue weighted by molar-refractivity contribution is 6.32. The van der Waals surface area contributed by atoms with Crippen molar-refractivity contribution in [2.45, 2.75) is 26.0 Å². The maximum absolute atomic E-state index is 6.11. The molecule has 1 fully saturated rings. The van der Waals surface area contributed by atoms with Gasteiger partial charge >= 0.3 is 0 Å². The highest BCUT2D eigenvalue weighted by Crippen LogP contribution is 2.27. The molecule has 0 amide bonds. The largest absolute Gasteiger partial charge is 0.495 e. The summed E-state index contributed by atoms with van der Waals surface area (Å²) in [7, 11) is 1.62. The SMILES string of the molecule is COc1ccc(NCC2CN(C(C)C)CCO2)cc1Cl. The summed E-state index contributed by atoms with van der Waals surface area (Å²) in [4.78, 5) is 2.44. The molecule has 0 spiro atoms. The molecule has 1 heterocycles. The molecule has 20 heavy (non-hydrogen) atoms. The molecule has 1 aromatic rings. The molecule has 1 unspecified atom stereocenters. The van der Waals surface area contributed by atoms with Gasteiger partial charge in [-0.2, -0.15) is 0 Å². The first-order valence-corrected chi connectivity index (χ1v) is 7.41. The van der Waals surface area contributed by atoms with Gasteiger partial charge in [0.15, 0.2) is 0 Å². The Morgan fingerprint density at radius 1 is 1.50 bits per heavy atom. The second-order valence-electron chi connectivity index (χ2n) is 5.31. The van der Waals surface area contributed by atoms with Crippen molar-refractivity contribution >= 4 is 17.3 Å². The van der Waals surface area contributed by atoms with Crippen molar-refractivity contribution in [3.8, 4) is 5.75 Å². The van der Waals surface area contributed by atoms with Crippen LogP contribution in [-0.2, 0) is 4.74 Å². The van der Waals surface area contributed by atoms with Crippen molar-refractivity contribution < 1.29 is 9.47 Å². The van der Waals surface area contributed by atoms with Crippen molar-refractivity contribution in [2.75, 3.05) is 38.7 Å². The van der Waals surface area contributed by atoms with E-state index in [0.29, 0.717) is 16.8 Å². The summed E-state index contributed by atoms with van der Waals surface area (Å²) in [5.74, 6) is 0.692. The predicted octanol–water partition coefficient (Wildman–Crippen LogP) is 2.87. The monoisotopic (exact) mass is 298 g/mol. The van der Waals surface area contributed by atoms with E-state index in [9.17, 15) is 0 Å². The van der Waals surface area contributed by atoms with E-state index < -0.39 is 0 Å². The molecule has 1 aromatic carbocycles. The molecular formula is C15H23ClN2O2. The number of hydrogen-bond acceptors (Lipinski definition) is 4. The highest BCUT2D eigenvalue weighted by Gasteiger charge is 2.21. The van der Waals surface area contributed by atoms with Crippen LogP contribution in [-0.4, -0.2) is 50.4 Å². The van der Waals surface area contributed by atoms with E-state index in [1.807, 2.05) is 18.2 Å². The van der Waals surface area contributed by atoms with Crippen molar-refractivity contribution in [1.82, 2.24) is 4.90 Å². The Kier molecular flexibility index (Phi) is 5.52. The lowest BCUT2D eigenvalue weighted by molar-refractivity contribution is -0.0315. The highest BCUT2D eigenvalue weighted by atomic mass is 35.5. The fraction of sp³-hybridized carbons (Fsp3) is 0.600. The molecule has 5 heteroatoms. The van der Waals surface area contributed by atoms with Crippen LogP contribution >= 0.6 is 11.6 Å². The van der Waals surface area contributed by atoms with Gasteiger partial charge in [-0.15, -0.1) is 0 Å². The van der Waals surface area contributed by atoms with E-state index in [4.69, 9.17) is 21.1 Å². The molecule has 1 atom stereocenters. The third-order valence-corrected chi connectivity index (χ3v) is 3.88. The minimum absolute atomic E-state index is 0.215. The second-order valence-corrected chi connectivity index (χ2v) is 5.72. The number of hydrogen-bond donors (Lipinski definition) is 1. The van der Waals surface area contributed by atoms with Crippen molar-refractivity contribution in [3.63, 3.8) is 0 Å². The number of nitrogens with zero attached hydrogens (tertiary/aromatic N) is 1. The van der Waals surface area contributed by atoms with Gasteiger partial charge in [-0.3, -0.25) is 4.90 Å². The van der Waals surface area contributed by atoms with E-state index >= 15 is 0 Å². The molecule has 1 aliphatic rings. The maximum Gasteiger partial charge on any atom is 0.137 e. The summed E-state index contributed by atoms with van der Waals surface area (Å²) in [5, 5.41) is 3.99. The summed E-state index contributed by atoms with van der Waals surface area (Å²) in [5.41, 5.74) is 0.987. The standard InChI is InChI=1S/C15H23ClN2O2/c1-11(2)18-6-7-20-13(10-18)9-17-12-4-5-15(19-3)14(16)8-12/h4-5,8,11,13,17H,6-7,9-10H2,1-3H3. The Bertz CT molecular complexity index is 440. The zero-order chi connectivity index (χ0) is 14.5. The summed E-state index contributed by atoms with van der Waals surface area (Å²) in [6.07, 6.45) is 0.215. The maximum atomic E-state index is 6.11. The predicted molar refractivity (Wildman–Crippen MR) is 82.9 cm³/mol. The van der Waals surface area contributed by atoms with Crippen molar-refractivity contribution in [2.24, 2.45) is 0 Å². The smallest absolute Gasteiger partial charge is 0.137 e. The molecule has 1 saturated heterocycles. The van der Waals surface area contributed by atoms with Crippen LogP contribution in [0.3, 0.4) is 0 Å². The van der Waals surface area contributed by atoms with E-state index in [-0.39, 0.29) is 6.10 Å². The zero-order valence-electron chi connectivity index (χ0n) is 12.4. The van der Waals surface area contributed by atoms with Gasteiger partial charge in [0, 0.05) is 31.4 Å². The Morgan fingerprint density at radius 3 is 2.95 bits per heavy atom. The fourth-order valence-corrected chi connectivity index (χ4v) is 2.60. The topological polar surface area (TPSA) is 33.7 Å². The molecule has 2 rings (SSSR count). The van der Waals surface area contributed by atoms with Gasteiger partial charge in [0.1, 0.15) is 5.75 Å². The molecule has 0 radical (unpaired) electrons. The average Bonchev–Trinajstić information content (AvgIpc) is 2.45. The quantitative estimate of drug-likeness (QED) is 0.906. The third kappa shape index (κ3) is 4.01. The van der Waals surface area contributed by atoms with Gasteiger partial charge in [0.05, 0.1) is 24.8 Å². The van der Waals surface area contributed by atoms with Crippen LogP contribution in [0.1, 0.15) is 13.8 Å². The van der Waals surface area contributed by atoms with Crippen LogP contribution in [0, 0.1) is 0 Å². The Hall–Kier alpha value is -0.970. The first-order chi connectivity index (χ1) is 9.60. The summed E-state index contributed by atoms with van der Waals surface area (Å²) in [6.45, 7) is 8.01. The number of rotatable bonds is 5. The van der Waals surface area contributed by atoms with Crippen molar-refractivity contribution in [3.05, 3.63) is 23.2 Å². The van der Waals surface area contributed by atoms with E-state index in [0.717, 1.165) is 31.9 Å². The number of benzene rings is 1. The van der Waals surface area contributed by atoms with E-state index in [1.165, 1.54) is 0 Å². The van der Waals surface area contributed by atoms with Crippen LogP contribution < -0.4 is 10.1 Å². The molecule has 0 bridgehead atoms. The van der Waals surface area contributed by atoms with Gasteiger partial charge in [0.2, 0.25) is 0 Å². The number of morpholine rings is 1. The lowest BCUT2D eigenvalue weighted by Crippen LogP contribution is -2.48. The minimum atomic E-state index is 0.215.